The number of carbonyl (C=O) groups is 1. The summed E-state index contributed by atoms with van der Waals surface area (Å²) < 4.78 is 6.63. The Morgan fingerprint density at radius 2 is 2.35 bits per heavy atom. The number of carbonyl (C=O) groups excluding carboxylic acids is 1. The summed E-state index contributed by atoms with van der Waals surface area (Å²) in [4.78, 5) is 13.7. The number of likely N-dealkylation sites (N-methyl/N-ethyl adjacent to an activating group) is 1. The van der Waals surface area contributed by atoms with Crippen LogP contribution in [0.4, 0.5) is 0 Å². The Labute approximate surface area is 102 Å². The minimum Gasteiger partial charge on any atom is -0.389 e. The molecule has 0 aromatic carbocycles. The summed E-state index contributed by atoms with van der Waals surface area (Å²) in [6.45, 7) is 0.991. The van der Waals surface area contributed by atoms with Crippen LogP contribution in [0.3, 0.4) is 0 Å². The minimum atomic E-state index is -0.564. The molecule has 0 bridgehead atoms. The monoisotopic (exact) mass is 240 g/mol. The van der Waals surface area contributed by atoms with Crippen molar-refractivity contribution in [3.8, 4) is 0 Å². The van der Waals surface area contributed by atoms with Gasteiger partial charge in [0.25, 0.3) is 0 Å². The molecule has 0 spiro atoms. The second-order valence-electron chi connectivity index (χ2n) is 4.23. The summed E-state index contributed by atoms with van der Waals surface area (Å²) in [7, 11) is 5.19. The van der Waals surface area contributed by atoms with Crippen molar-refractivity contribution in [3.63, 3.8) is 0 Å². The second kappa shape index (κ2) is 6.54. The third-order valence-corrected chi connectivity index (χ3v) is 2.52. The van der Waals surface area contributed by atoms with Gasteiger partial charge in [-0.15, -0.1) is 0 Å². The molecular weight excluding hydrogens is 220 g/mol. The molecular formula is C12H20N2O3. The van der Waals surface area contributed by atoms with Gasteiger partial charge in [0.05, 0.1) is 24.9 Å². The molecule has 0 aliphatic rings. The molecule has 1 atom stereocenters. The standard InChI is InChI=1S/C12H20N2O3/c1-13(7-10(15)9-17-3)8-12(16)11-5-4-6-14(11)2/h4-6,10,15H,7-9H2,1-3H3. The van der Waals surface area contributed by atoms with Crippen molar-refractivity contribution >= 4 is 5.78 Å². The number of nitrogens with zero attached hydrogens (tertiary/aromatic N) is 2. The Bertz CT molecular complexity index is 362. The number of hydrogen-bond donors (Lipinski definition) is 1. The van der Waals surface area contributed by atoms with Gasteiger partial charge in [-0.1, -0.05) is 0 Å². The number of Topliss-reactive ketones (excluding diaryl/α,β-unsaturated/α-hetero) is 1. The summed E-state index contributed by atoms with van der Waals surface area (Å²) in [6.07, 6.45) is 1.28. The van der Waals surface area contributed by atoms with Gasteiger partial charge in [0.15, 0.2) is 5.78 Å². The van der Waals surface area contributed by atoms with Crippen LogP contribution in [0.25, 0.3) is 0 Å². The number of hydrogen-bond acceptors (Lipinski definition) is 4. The molecule has 1 rings (SSSR count). The van der Waals surface area contributed by atoms with Gasteiger partial charge in [0.2, 0.25) is 0 Å². The van der Waals surface area contributed by atoms with Crippen molar-refractivity contribution < 1.29 is 14.6 Å². The first kappa shape index (κ1) is 13.9. The lowest BCUT2D eigenvalue weighted by Crippen LogP contribution is -2.35. The maximum absolute atomic E-state index is 11.9. The molecule has 17 heavy (non-hydrogen) atoms. The van der Waals surface area contributed by atoms with Gasteiger partial charge in [-0.25, -0.2) is 0 Å². The van der Waals surface area contributed by atoms with Crippen molar-refractivity contribution in [2.24, 2.45) is 7.05 Å². The van der Waals surface area contributed by atoms with E-state index in [0.29, 0.717) is 18.8 Å². The Morgan fingerprint density at radius 3 is 2.88 bits per heavy atom. The smallest absolute Gasteiger partial charge is 0.193 e. The third-order valence-electron chi connectivity index (χ3n) is 2.52. The molecule has 1 N–H and O–H groups in total. The van der Waals surface area contributed by atoms with E-state index in [1.807, 2.05) is 19.3 Å². The van der Waals surface area contributed by atoms with Crippen LogP contribution in [-0.2, 0) is 11.8 Å². The fourth-order valence-electron chi connectivity index (χ4n) is 1.75. The van der Waals surface area contributed by atoms with Gasteiger partial charge in [-0.2, -0.15) is 0 Å². The van der Waals surface area contributed by atoms with Crippen LogP contribution in [0.15, 0.2) is 18.3 Å². The van der Waals surface area contributed by atoms with Crippen molar-refractivity contribution in [2.75, 3.05) is 33.9 Å². The van der Waals surface area contributed by atoms with Crippen molar-refractivity contribution in [1.29, 1.82) is 0 Å². The van der Waals surface area contributed by atoms with E-state index in [1.54, 1.807) is 29.7 Å². The molecule has 0 saturated heterocycles. The normalized spacial score (nSPS) is 13.0. The molecule has 1 heterocycles. The number of aromatic nitrogens is 1. The molecule has 0 radical (unpaired) electrons. The number of methoxy groups -OCH3 is 1. The molecule has 96 valence electrons. The highest BCUT2D eigenvalue weighted by Crippen LogP contribution is 2.02. The van der Waals surface area contributed by atoms with E-state index in [-0.39, 0.29) is 12.4 Å². The van der Waals surface area contributed by atoms with Crippen LogP contribution in [0.5, 0.6) is 0 Å². The molecule has 1 unspecified atom stereocenters. The summed E-state index contributed by atoms with van der Waals surface area (Å²) in [5.74, 6) is 0.0459. The van der Waals surface area contributed by atoms with E-state index in [2.05, 4.69) is 0 Å². The van der Waals surface area contributed by atoms with Gasteiger partial charge in [0, 0.05) is 26.9 Å². The van der Waals surface area contributed by atoms with Gasteiger partial charge < -0.3 is 14.4 Å². The Kier molecular flexibility index (Phi) is 5.34. The number of aryl methyl sites for hydroxylation is 1. The van der Waals surface area contributed by atoms with E-state index in [1.165, 1.54) is 0 Å². The molecule has 0 fully saturated rings. The second-order valence-corrected chi connectivity index (χ2v) is 4.23. The molecule has 5 nitrogen and oxygen atoms in total. The Morgan fingerprint density at radius 1 is 1.65 bits per heavy atom. The van der Waals surface area contributed by atoms with E-state index in [0.717, 1.165) is 0 Å². The SMILES string of the molecule is COCC(O)CN(C)CC(=O)c1cccn1C. The van der Waals surface area contributed by atoms with Crippen LogP contribution >= 0.6 is 0 Å². The van der Waals surface area contributed by atoms with Gasteiger partial charge in [-0.3, -0.25) is 9.69 Å². The summed E-state index contributed by atoms with van der Waals surface area (Å²) >= 11 is 0. The van der Waals surface area contributed by atoms with Crippen molar-refractivity contribution in [1.82, 2.24) is 9.47 Å². The predicted molar refractivity (Wildman–Crippen MR) is 65.1 cm³/mol. The van der Waals surface area contributed by atoms with Gasteiger partial charge >= 0.3 is 0 Å². The highest BCUT2D eigenvalue weighted by molar-refractivity contribution is 5.96. The van der Waals surface area contributed by atoms with E-state index in [4.69, 9.17) is 4.74 Å². The summed E-state index contributed by atoms with van der Waals surface area (Å²) in [5, 5.41) is 9.53. The van der Waals surface area contributed by atoms with Crippen molar-refractivity contribution in [2.45, 2.75) is 6.10 Å². The zero-order valence-electron chi connectivity index (χ0n) is 10.6. The first-order valence-corrected chi connectivity index (χ1v) is 5.54. The molecule has 1 aromatic heterocycles. The van der Waals surface area contributed by atoms with Crippen LogP contribution in [0.1, 0.15) is 10.5 Å². The summed E-state index contributed by atoms with van der Waals surface area (Å²) in [5.41, 5.74) is 0.679. The highest BCUT2D eigenvalue weighted by Gasteiger charge is 2.14. The third kappa shape index (κ3) is 4.30. The zero-order valence-corrected chi connectivity index (χ0v) is 10.6. The molecule has 1 aromatic rings. The first-order valence-electron chi connectivity index (χ1n) is 5.54. The quantitative estimate of drug-likeness (QED) is 0.689. The van der Waals surface area contributed by atoms with Crippen LogP contribution in [0.2, 0.25) is 0 Å². The fourth-order valence-corrected chi connectivity index (χ4v) is 1.75. The molecule has 0 aliphatic carbocycles. The average Bonchev–Trinajstić information content (AvgIpc) is 2.64. The number of aliphatic hydroxyl groups is 1. The lowest BCUT2D eigenvalue weighted by atomic mass is 10.2. The molecule has 0 saturated carbocycles. The molecule has 0 amide bonds. The number of aliphatic hydroxyl groups excluding tert-OH is 1. The first-order chi connectivity index (χ1) is 8.04. The topological polar surface area (TPSA) is 54.7 Å². The van der Waals surface area contributed by atoms with Crippen molar-refractivity contribution in [3.05, 3.63) is 24.0 Å². The van der Waals surface area contributed by atoms with E-state index in [9.17, 15) is 9.90 Å². The van der Waals surface area contributed by atoms with Crippen LogP contribution in [-0.4, -0.2) is 60.3 Å². The Hall–Kier alpha value is -1.17. The lowest BCUT2D eigenvalue weighted by molar-refractivity contribution is 0.0427. The average molecular weight is 240 g/mol. The fraction of sp³-hybridized carbons (Fsp3) is 0.583. The molecule has 0 aliphatic heterocycles. The Balaban J connectivity index is 2.44. The summed E-state index contributed by atoms with van der Waals surface area (Å²) in [6, 6.07) is 3.63. The number of rotatable bonds is 7. The zero-order chi connectivity index (χ0) is 12.8. The highest BCUT2D eigenvalue weighted by atomic mass is 16.5. The minimum absolute atomic E-state index is 0.0459. The van der Waals surface area contributed by atoms with Crippen LogP contribution in [0, 0.1) is 0 Å². The van der Waals surface area contributed by atoms with Crippen LogP contribution < -0.4 is 0 Å². The number of ketones is 1. The predicted octanol–water partition coefficient (Wildman–Crippen LogP) is 0.147. The maximum atomic E-state index is 11.9. The largest absolute Gasteiger partial charge is 0.389 e. The van der Waals surface area contributed by atoms with Gasteiger partial charge in [0.1, 0.15) is 0 Å². The van der Waals surface area contributed by atoms with E-state index >= 15 is 0 Å². The molecule has 5 heteroatoms. The van der Waals surface area contributed by atoms with Gasteiger partial charge in [-0.05, 0) is 19.2 Å². The van der Waals surface area contributed by atoms with E-state index < -0.39 is 6.10 Å². The number of ether oxygens (including phenoxy) is 1. The maximum Gasteiger partial charge on any atom is 0.193 e. The lowest BCUT2D eigenvalue weighted by Gasteiger charge is -2.19.